The number of nitrogens with one attached hydrogen (secondary N) is 9. The lowest BCUT2D eigenvalue weighted by atomic mass is 10.1. The van der Waals surface area contributed by atoms with Crippen molar-refractivity contribution in [3.63, 3.8) is 0 Å². The predicted octanol–water partition coefficient (Wildman–Crippen LogP) is -3.85. The first-order chi connectivity index (χ1) is 31.7. The van der Waals surface area contributed by atoms with Gasteiger partial charge in [0.05, 0.1) is 24.5 Å². The van der Waals surface area contributed by atoms with Gasteiger partial charge >= 0.3 is 17.9 Å². The summed E-state index contributed by atoms with van der Waals surface area (Å²) in [5, 5.41) is 52.7. The Bertz CT molecular complexity index is 2090. The molecule has 366 valence electrons. The first-order valence-corrected chi connectivity index (χ1v) is 21.3. The highest BCUT2D eigenvalue weighted by Crippen LogP contribution is 2.20. The van der Waals surface area contributed by atoms with Crippen LogP contribution in [-0.4, -0.2) is 157 Å². The van der Waals surface area contributed by atoms with Crippen molar-refractivity contribution in [1.82, 2.24) is 52.1 Å². The number of imidazole rings is 1. The molecule has 0 unspecified atom stereocenters. The molecule has 1 aliphatic heterocycles. The molecule has 26 heteroatoms. The number of nitrogens with zero attached hydrogens (tertiary/aromatic N) is 2. The maximum Gasteiger partial charge on any atom is 0.326 e. The molecular formula is C41H59N13O13. The van der Waals surface area contributed by atoms with Crippen LogP contribution in [0.1, 0.15) is 70.1 Å². The topological polar surface area (TPSA) is 423 Å². The van der Waals surface area contributed by atoms with Gasteiger partial charge in [-0.05, 0) is 51.5 Å². The van der Waals surface area contributed by atoms with E-state index in [-0.39, 0.29) is 44.7 Å². The fourth-order valence-electron chi connectivity index (χ4n) is 6.86. The number of H-pyrrole nitrogens is 1. The van der Waals surface area contributed by atoms with Crippen LogP contribution in [0, 0.1) is 5.41 Å². The molecule has 1 saturated heterocycles. The molecule has 2 aromatic rings. The largest absolute Gasteiger partial charge is 0.481 e. The Morgan fingerprint density at radius 3 is 1.99 bits per heavy atom. The smallest absolute Gasteiger partial charge is 0.326 e. The number of aromatic amines is 1. The second-order valence-corrected chi connectivity index (χ2v) is 15.8. The number of amides is 7. The molecular weight excluding hydrogens is 883 g/mol. The molecule has 3 rings (SSSR count). The van der Waals surface area contributed by atoms with Crippen molar-refractivity contribution in [2.75, 3.05) is 13.1 Å². The van der Waals surface area contributed by atoms with Gasteiger partial charge in [-0.25, -0.2) is 9.78 Å². The van der Waals surface area contributed by atoms with Crippen LogP contribution in [0.5, 0.6) is 0 Å². The number of carbonyl (C=O) groups is 10. The van der Waals surface area contributed by atoms with Gasteiger partial charge in [0.25, 0.3) is 0 Å². The predicted molar refractivity (Wildman–Crippen MR) is 234 cm³/mol. The fraction of sp³-hybridized carbons (Fsp3) is 0.512. The van der Waals surface area contributed by atoms with E-state index in [0.717, 1.165) is 0 Å². The summed E-state index contributed by atoms with van der Waals surface area (Å²) in [6.07, 6.45) is 1.34. The lowest BCUT2D eigenvalue weighted by Gasteiger charge is -2.30. The number of rotatable bonds is 27. The minimum atomic E-state index is -1.87. The Morgan fingerprint density at radius 1 is 0.776 bits per heavy atom. The molecule has 2 heterocycles. The summed E-state index contributed by atoms with van der Waals surface area (Å²) in [6, 6.07) is -2.73. The van der Waals surface area contributed by atoms with Gasteiger partial charge in [0, 0.05) is 38.5 Å². The van der Waals surface area contributed by atoms with Gasteiger partial charge < -0.3 is 73.9 Å². The van der Waals surface area contributed by atoms with Crippen molar-refractivity contribution in [1.29, 1.82) is 5.41 Å². The SMILES string of the molecule is C[C@H](NC(=O)[C@H](C)NC(=O)[C@H](CCC(=O)O)NC(=O)[C@H](CC(=O)O)NC(=O)[C@@H]1CCCN1C(=O)[C@H](Cc1c[nH]cn1)NC(=O)[C@@H](N)CCCNC(=N)N)C(=O)N[C@@H](Cc1ccccc1)C(=O)O. The van der Waals surface area contributed by atoms with Gasteiger partial charge in [0.1, 0.15) is 42.3 Å². The van der Waals surface area contributed by atoms with Crippen molar-refractivity contribution < 1.29 is 63.3 Å². The van der Waals surface area contributed by atoms with Crippen LogP contribution in [0.3, 0.4) is 0 Å². The Labute approximate surface area is 384 Å². The number of carboxylic acid groups (broad SMARTS) is 3. The van der Waals surface area contributed by atoms with E-state index in [9.17, 15) is 63.3 Å². The van der Waals surface area contributed by atoms with Gasteiger partial charge in [0.15, 0.2) is 5.96 Å². The van der Waals surface area contributed by atoms with E-state index < -0.39 is 127 Å². The summed E-state index contributed by atoms with van der Waals surface area (Å²) in [5.74, 6) is -10.9. The molecule has 7 amide bonds. The van der Waals surface area contributed by atoms with Crippen LogP contribution in [0.2, 0.25) is 0 Å². The van der Waals surface area contributed by atoms with Gasteiger partial charge in [-0.2, -0.15) is 0 Å². The van der Waals surface area contributed by atoms with Crippen LogP contribution < -0.4 is 48.7 Å². The number of nitrogens with two attached hydrogens (primary N) is 2. The molecule has 1 aliphatic rings. The highest BCUT2D eigenvalue weighted by atomic mass is 16.4. The van der Waals surface area contributed by atoms with Crippen molar-refractivity contribution >= 4 is 65.2 Å². The number of aliphatic carboxylic acids is 3. The van der Waals surface area contributed by atoms with Crippen LogP contribution in [0.25, 0.3) is 0 Å². The van der Waals surface area contributed by atoms with E-state index in [1.165, 1.54) is 31.3 Å². The van der Waals surface area contributed by atoms with Crippen molar-refractivity contribution in [3.8, 4) is 0 Å². The van der Waals surface area contributed by atoms with E-state index in [2.05, 4.69) is 47.2 Å². The quantitative estimate of drug-likeness (QED) is 0.0232. The summed E-state index contributed by atoms with van der Waals surface area (Å²) < 4.78 is 0. The summed E-state index contributed by atoms with van der Waals surface area (Å²) in [4.78, 5) is 137. The molecule has 1 fully saturated rings. The van der Waals surface area contributed by atoms with E-state index >= 15 is 0 Å². The molecule has 16 N–H and O–H groups in total. The number of carbonyl (C=O) groups excluding carboxylic acids is 7. The summed E-state index contributed by atoms with van der Waals surface area (Å²) in [5.41, 5.74) is 12.4. The highest BCUT2D eigenvalue weighted by molar-refractivity contribution is 5.98. The maximum absolute atomic E-state index is 14.1. The number of aromatic nitrogens is 2. The Hall–Kier alpha value is -7.64. The number of hydrogen-bond acceptors (Lipinski definition) is 13. The number of carboxylic acids is 3. The van der Waals surface area contributed by atoms with Crippen LogP contribution in [0.4, 0.5) is 0 Å². The normalized spacial score (nSPS) is 16.3. The molecule has 8 atom stereocenters. The van der Waals surface area contributed by atoms with Crippen LogP contribution >= 0.6 is 0 Å². The van der Waals surface area contributed by atoms with Gasteiger partial charge in [-0.1, -0.05) is 30.3 Å². The molecule has 0 radical (unpaired) electrons. The Morgan fingerprint density at radius 2 is 1.39 bits per heavy atom. The lowest BCUT2D eigenvalue weighted by molar-refractivity contribution is -0.144. The number of hydrogen-bond donors (Lipinski definition) is 14. The summed E-state index contributed by atoms with van der Waals surface area (Å²) in [6.45, 7) is 2.78. The minimum Gasteiger partial charge on any atom is -0.481 e. The maximum atomic E-state index is 14.1. The molecule has 1 aromatic heterocycles. The van der Waals surface area contributed by atoms with E-state index in [4.69, 9.17) is 16.9 Å². The zero-order valence-electron chi connectivity index (χ0n) is 36.9. The average molecular weight is 942 g/mol. The molecule has 0 aliphatic carbocycles. The average Bonchev–Trinajstić information content (AvgIpc) is 3.98. The standard InChI is InChI=1S/C41H59N13O13/c1-21(33(59)48-22(2)34(60)53-29(40(66)67)16-23-8-4-3-5-9-23)49-36(62)26(12-13-31(55)56)50-37(63)27(18-32(57)58)51-38(64)30-11-7-15-54(30)39(65)28(17-24-19-45-20-47-24)52-35(61)25(42)10-6-14-46-41(43)44/h3-5,8-9,19-22,25-30H,6-7,10-18,42H2,1-2H3,(H,45,47)(H,48,59)(H,49,62)(H,50,63)(H,51,64)(H,52,61)(H,53,60)(H,55,56)(H,57,58)(H,66,67)(H4,43,44,46)/t21-,22-,25-,26-,27-,28-,29-,30-/m0/s1. The van der Waals surface area contributed by atoms with Gasteiger partial charge in [-0.15, -0.1) is 0 Å². The van der Waals surface area contributed by atoms with Crippen molar-refractivity contribution in [2.45, 2.75) is 120 Å². The molecule has 67 heavy (non-hydrogen) atoms. The second-order valence-electron chi connectivity index (χ2n) is 15.8. The first kappa shape index (κ1) is 53.7. The van der Waals surface area contributed by atoms with Crippen molar-refractivity contribution in [2.24, 2.45) is 11.5 Å². The molecule has 0 spiro atoms. The fourth-order valence-corrected chi connectivity index (χ4v) is 6.86. The molecule has 0 saturated carbocycles. The molecule has 1 aromatic carbocycles. The third-order valence-electron chi connectivity index (χ3n) is 10.5. The lowest BCUT2D eigenvalue weighted by Crippen LogP contribution is -2.60. The van der Waals surface area contributed by atoms with E-state index in [1.807, 2.05) is 0 Å². The number of likely N-dealkylation sites (tertiary alicyclic amines) is 1. The van der Waals surface area contributed by atoms with Gasteiger partial charge in [-0.3, -0.25) is 48.6 Å². The zero-order valence-corrected chi connectivity index (χ0v) is 36.9. The number of guanidine groups is 1. The van der Waals surface area contributed by atoms with Gasteiger partial charge in [0.2, 0.25) is 41.4 Å². The van der Waals surface area contributed by atoms with Crippen LogP contribution in [-0.2, 0) is 60.8 Å². The number of benzene rings is 1. The monoisotopic (exact) mass is 941 g/mol. The minimum absolute atomic E-state index is 0.0339. The summed E-state index contributed by atoms with van der Waals surface area (Å²) >= 11 is 0. The molecule has 0 bridgehead atoms. The Balaban J connectivity index is 1.70. The van der Waals surface area contributed by atoms with Crippen LogP contribution in [0.15, 0.2) is 42.9 Å². The van der Waals surface area contributed by atoms with E-state index in [1.54, 1.807) is 30.3 Å². The highest BCUT2D eigenvalue weighted by Gasteiger charge is 2.40. The van der Waals surface area contributed by atoms with Crippen molar-refractivity contribution in [3.05, 3.63) is 54.1 Å². The van der Waals surface area contributed by atoms with E-state index in [0.29, 0.717) is 24.1 Å². The second kappa shape index (κ2) is 26.4. The molecule has 26 nitrogen and oxygen atoms in total. The zero-order chi connectivity index (χ0) is 49.8. The Kier molecular flexibility index (Phi) is 21.1. The third kappa shape index (κ3) is 18.0. The first-order valence-electron chi connectivity index (χ1n) is 21.3. The summed E-state index contributed by atoms with van der Waals surface area (Å²) in [7, 11) is 0. The third-order valence-corrected chi connectivity index (χ3v) is 10.5.